The molecule has 2 aromatic carbocycles. The normalized spacial score (nSPS) is 10.9. The third-order valence-electron chi connectivity index (χ3n) is 4.49. The van der Waals surface area contributed by atoms with Crippen LogP contribution >= 0.6 is 0 Å². The molecular weight excluding hydrogens is 449 g/mol. The molecule has 4 aromatic rings. The number of carbonyl (C=O) groups excluding carboxylic acids is 1. The van der Waals surface area contributed by atoms with Gasteiger partial charge in [0.1, 0.15) is 18.2 Å². The minimum atomic E-state index is -1.69. The van der Waals surface area contributed by atoms with Gasteiger partial charge in [0.2, 0.25) is 11.6 Å². The minimum absolute atomic E-state index is 0.0336. The van der Waals surface area contributed by atoms with Gasteiger partial charge in [-0.05, 0) is 18.2 Å². The van der Waals surface area contributed by atoms with Crippen LogP contribution in [0.2, 0.25) is 0 Å². The summed E-state index contributed by atoms with van der Waals surface area (Å²) in [6.07, 6.45) is 1.55. The van der Waals surface area contributed by atoms with Gasteiger partial charge in [0.25, 0.3) is 5.91 Å². The van der Waals surface area contributed by atoms with E-state index in [1.165, 1.54) is 28.9 Å². The smallest absolute Gasteiger partial charge is 0.292 e. The molecule has 4 rings (SSSR count). The predicted molar refractivity (Wildman–Crippen MR) is 105 cm³/mol. The van der Waals surface area contributed by atoms with Crippen molar-refractivity contribution in [3.8, 4) is 5.75 Å². The van der Waals surface area contributed by atoms with Crippen LogP contribution in [0.25, 0.3) is 0 Å². The zero-order chi connectivity index (χ0) is 23.5. The summed E-state index contributed by atoms with van der Waals surface area (Å²) in [5.41, 5.74) is 0.417. The molecule has 0 atom stereocenters. The fourth-order valence-corrected chi connectivity index (χ4v) is 2.89. The molecule has 11 heteroatoms. The maximum absolute atomic E-state index is 13.8. The average molecular weight is 463 g/mol. The van der Waals surface area contributed by atoms with Gasteiger partial charge in [-0.2, -0.15) is 13.9 Å². The maximum Gasteiger partial charge on any atom is 0.292 e. The number of halogens is 5. The zero-order valence-corrected chi connectivity index (χ0v) is 16.6. The van der Waals surface area contributed by atoms with Gasteiger partial charge < -0.3 is 14.5 Å². The van der Waals surface area contributed by atoms with E-state index in [1.54, 1.807) is 24.4 Å². The second-order valence-electron chi connectivity index (χ2n) is 6.80. The molecule has 0 unspecified atom stereocenters. The van der Waals surface area contributed by atoms with Crippen molar-refractivity contribution < 1.29 is 35.9 Å². The standard InChI is InChI=1S/C22H14F5N3O3/c23-14-4-2-1-3-12(14)10-30-8-7-18(29-30)28-22(31)17-6-5-13(33-17)11-32-21-19(26)15(24)9-16(25)20(21)27/h1-9H,10-11H2,(H,28,29,31). The molecular formula is C22H14F5N3O3. The van der Waals surface area contributed by atoms with Crippen LogP contribution in [0, 0.1) is 29.1 Å². The van der Waals surface area contributed by atoms with Crippen molar-refractivity contribution in [2.24, 2.45) is 0 Å². The molecule has 0 fully saturated rings. The first-order chi connectivity index (χ1) is 15.8. The Balaban J connectivity index is 1.38. The number of furan rings is 1. The molecule has 0 bridgehead atoms. The van der Waals surface area contributed by atoms with Crippen LogP contribution in [0.5, 0.6) is 5.75 Å². The molecule has 2 aromatic heterocycles. The number of ether oxygens (including phenoxy) is 1. The van der Waals surface area contributed by atoms with Crippen molar-refractivity contribution in [1.29, 1.82) is 0 Å². The molecule has 0 spiro atoms. The summed E-state index contributed by atoms with van der Waals surface area (Å²) in [4.78, 5) is 12.3. The van der Waals surface area contributed by atoms with Crippen molar-refractivity contribution in [1.82, 2.24) is 9.78 Å². The number of amides is 1. The lowest BCUT2D eigenvalue weighted by Crippen LogP contribution is -2.12. The van der Waals surface area contributed by atoms with E-state index in [0.717, 1.165) is 0 Å². The molecule has 0 aliphatic rings. The van der Waals surface area contributed by atoms with E-state index in [-0.39, 0.29) is 35.8 Å². The number of anilines is 1. The molecule has 1 amide bonds. The Hall–Kier alpha value is -4.15. The van der Waals surface area contributed by atoms with Gasteiger partial charge in [-0.25, -0.2) is 13.2 Å². The topological polar surface area (TPSA) is 69.3 Å². The van der Waals surface area contributed by atoms with Gasteiger partial charge in [0.05, 0.1) is 6.54 Å². The highest BCUT2D eigenvalue weighted by Gasteiger charge is 2.21. The SMILES string of the molecule is O=C(Nc1ccn(Cc2ccccc2F)n1)c1ccc(COc2c(F)c(F)cc(F)c2F)o1. The van der Waals surface area contributed by atoms with Crippen molar-refractivity contribution in [2.45, 2.75) is 13.2 Å². The molecule has 1 N–H and O–H groups in total. The zero-order valence-electron chi connectivity index (χ0n) is 16.6. The van der Waals surface area contributed by atoms with Gasteiger partial charge in [0.15, 0.2) is 29.0 Å². The third-order valence-corrected chi connectivity index (χ3v) is 4.49. The van der Waals surface area contributed by atoms with Crippen molar-refractivity contribution in [2.75, 3.05) is 5.32 Å². The predicted octanol–water partition coefficient (Wildman–Crippen LogP) is 5.05. The summed E-state index contributed by atoms with van der Waals surface area (Å²) in [6.45, 7) is -0.445. The molecule has 6 nitrogen and oxygen atoms in total. The van der Waals surface area contributed by atoms with E-state index >= 15 is 0 Å². The van der Waals surface area contributed by atoms with Gasteiger partial charge in [-0.15, -0.1) is 0 Å². The fraction of sp³-hybridized carbons (Fsp3) is 0.0909. The summed E-state index contributed by atoms with van der Waals surface area (Å²) in [6, 6.07) is 10.3. The first kappa shape index (κ1) is 22.1. The summed E-state index contributed by atoms with van der Waals surface area (Å²) in [7, 11) is 0. The van der Waals surface area contributed by atoms with E-state index in [1.807, 2.05) is 0 Å². The van der Waals surface area contributed by atoms with E-state index < -0.39 is 41.5 Å². The number of hydrogen-bond acceptors (Lipinski definition) is 4. The van der Waals surface area contributed by atoms with Crippen molar-refractivity contribution >= 4 is 11.7 Å². The van der Waals surface area contributed by atoms with E-state index in [0.29, 0.717) is 5.56 Å². The monoisotopic (exact) mass is 463 g/mol. The number of nitrogens with zero attached hydrogens (tertiary/aromatic N) is 2. The molecule has 0 aliphatic carbocycles. The minimum Gasteiger partial charge on any atom is -0.479 e. The Kier molecular flexibility index (Phi) is 6.11. The molecule has 33 heavy (non-hydrogen) atoms. The summed E-state index contributed by atoms with van der Waals surface area (Å²) >= 11 is 0. The van der Waals surface area contributed by atoms with Crippen LogP contribution in [0.15, 0.2) is 59.1 Å². The van der Waals surface area contributed by atoms with Gasteiger partial charge >= 0.3 is 0 Å². The lowest BCUT2D eigenvalue weighted by Gasteiger charge is -2.08. The van der Waals surface area contributed by atoms with E-state index in [9.17, 15) is 26.7 Å². The third kappa shape index (κ3) is 4.86. The second kappa shape index (κ2) is 9.15. The quantitative estimate of drug-likeness (QED) is 0.308. The number of nitrogens with one attached hydrogen (secondary N) is 1. The Morgan fingerprint density at radius 1 is 0.970 bits per heavy atom. The first-order valence-electron chi connectivity index (χ1n) is 9.44. The highest BCUT2D eigenvalue weighted by Crippen LogP contribution is 2.27. The second-order valence-corrected chi connectivity index (χ2v) is 6.80. The van der Waals surface area contributed by atoms with Crippen molar-refractivity contribution in [3.63, 3.8) is 0 Å². The van der Waals surface area contributed by atoms with Crippen LogP contribution in [0.3, 0.4) is 0 Å². The summed E-state index contributed by atoms with van der Waals surface area (Å²) in [5.74, 6) is -8.96. The number of hydrogen-bond donors (Lipinski definition) is 1. The van der Waals surface area contributed by atoms with Crippen LogP contribution in [-0.2, 0) is 13.2 Å². The first-order valence-corrected chi connectivity index (χ1v) is 9.44. The van der Waals surface area contributed by atoms with Crippen LogP contribution < -0.4 is 10.1 Å². The van der Waals surface area contributed by atoms with Crippen LogP contribution in [0.1, 0.15) is 21.9 Å². The largest absolute Gasteiger partial charge is 0.479 e. The number of benzene rings is 2. The summed E-state index contributed by atoms with van der Waals surface area (Å²) in [5, 5.41) is 6.61. The molecule has 0 saturated carbocycles. The van der Waals surface area contributed by atoms with Crippen LogP contribution in [-0.4, -0.2) is 15.7 Å². The van der Waals surface area contributed by atoms with Gasteiger partial charge in [-0.3, -0.25) is 9.48 Å². The average Bonchev–Trinajstić information content (AvgIpc) is 3.44. The molecule has 170 valence electrons. The Labute approximate surface area is 183 Å². The Morgan fingerprint density at radius 2 is 1.70 bits per heavy atom. The summed E-state index contributed by atoms with van der Waals surface area (Å²) < 4.78 is 79.0. The Bertz CT molecular complexity index is 1290. The molecule has 0 aliphatic heterocycles. The van der Waals surface area contributed by atoms with E-state index in [4.69, 9.17) is 9.15 Å². The number of carbonyl (C=O) groups is 1. The fourth-order valence-electron chi connectivity index (χ4n) is 2.89. The number of rotatable bonds is 7. The molecule has 2 heterocycles. The lowest BCUT2D eigenvalue weighted by molar-refractivity contribution is 0.0991. The van der Waals surface area contributed by atoms with Gasteiger partial charge in [-0.1, -0.05) is 18.2 Å². The highest BCUT2D eigenvalue weighted by atomic mass is 19.2. The van der Waals surface area contributed by atoms with Gasteiger partial charge in [0, 0.05) is 23.9 Å². The van der Waals surface area contributed by atoms with Crippen LogP contribution in [0.4, 0.5) is 27.8 Å². The van der Waals surface area contributed by atoms with Crippen molar-refractivity contribution in [3.05, 3.63) is 101 Å². The number of aromatic nitrogens is 2. The molecule has 0 saturated heterocycles. The maximum atomic E-state index is 13.8. The van der Waals surface area contributed by atoms with E-state index in [2.05, 4.69) is 10.4 Å². The Morgan fingerprint density at radius 3 is 2.42 bits per heavy atom. The highest BCUT2D eigenvalue weighted by molar-refractivity contribution is 6.01. The lowest BCUT2D eigenvalue weighted by atomic mass is 10.2. The molecule has 0 radical (unpaired) electrons.